The van der Waals surface area contributed by atoms with E-state index in [0.29, 0.717) is 11.1 Å². The van der Waals surface area contributed by atoms with Crippen molar-refractivity contribution in [3.63, 3.8) is 0 Å². The Morgan fingerprint density at radius 2 is 1.68 bits per heavy atom. The number of benzene rings is 3. The summed E-state index contributed by atoms with van der Waals surface area (Å²) < 4.78 is 38.4. The van der Waals surface area contributed by atoms with Crippen LogP contribution in [-0.4, -0.2) is 13.0 Å². The zero-order valence-electron chi connectivity index (χ0n) is 14.7. The summed E-state index contributed by atoms with van der Waals surface area (Å²) >= 11 is 2.21. The zero-order chi connectivity index (χ0) is 19.9. The van der Waals surface area contributed by atoms with Crippen molar-refractivity contribution in [3.05, 3.63) is 81.5 Å². The Balaban J connectivity index is 1.72. The molecule has 142 valence electrons. The molecule has 0 saturated carbocycles. The predicted molar refractivity (Wildman–Crippen MR) is 113 cm³/mol. The molecule has 0 amide bonds. The van der Waals surface area contributed by atoms with Crippen molar-refractivity contribution in [2.24, 2.45) is 0 Å². The first-order chi connectivity index (χ1) is 13.3. The van der Waals surface area contributed by atoms with Crippen molar-refractivity contribution >= 4 is 43.8 Å². The Hall–Kier alpha value is -2.59. The number of hydrogen-bond donors (Lipinski definition) is 1. The van der Waals surface area contributed by atoms with Gasteiger partial charge in [0.05, 0.1) is 11.2 Å². The van der Waals surface area contributed by atoms with Crippen LogP contribution in [0.15, 0.2) is 76.0 Å². The topological polar surface area (TPSA) is 85.3 Å². The molecule has 6 nitrogen and oxygen atoms in total. The number of halogens is 1. The minimum absolute atomic E-state index is 0.0604. The van der Waals surface area contributed by atoms with E-state index in [1.54, 1.807) is 28.8 Å². The van der Waals surface area contributed by atoms with Crippen molar-refractivity contribution < 1.29 is 17.0 Å². The van der Waals surface area contributed by atoms with Gasteiger partial charge in [-0.15, -0.1) is 0 Å². The molecule has 8 heteroatoms. The molecule has 0 aliphatic carbocycles. The number of rotatable bonds is 4. The van der Waals surface area contributed by atoms with E-state index in [1.165, 1.54) is 18.2 Å². The Kier molecular flexibility index (Phi) is 4.76. The van der Waals surface area contributed by atoms with E-state index in [0.717, 1.165) is 14.8 Å². The van der Waals surface area contributed by atoms with Crippen molar-refractivity contribution in [1.82, 2.24) is 4.57 Å². The summed E-state index contributed by atoms with van der Waals surface area (Å²) in [5.74, 6) is 0.122. The zero-order valence-corrected chi connectivity index (χ0v) is 17.7. The lowest BCUT2D eigenvalue weighted by Crippen LogP contribution is -2.11. The number of nitrogens with one attached hydrogen (secondary N) is 1. The van der Waals surface area contributed by atoms with Crippen LogP contribution in [0.25, 0.3) is 16.8 Å². The molecule has 0 spiro atoms. The second-order valence-electron chi connectivity index (χ2n) is 6.20. The van der Waals surface area contributed by atoms with E-state index in [1.807, 2.05) is 31.2 Å². The Morgan fingerprint density at radius 3 is 2.36 bits per heavy atom. The predicted octanol–water partition coefficient (Wildman–Crippen LogP) is 4.38. The number of hydrogen-bond acceptors (Lipinski definition) is 5. The Labute approximate surface area is 175 Å². The lowest BCUT2D eigenvalue weighted by Gasteiger charge is -2.07. The molecule has 4 rings (SSSR count). The monoisotopic (exact) mass is 506 g/mol. The number of nitrogens with zero attached hydrogens (tertiary/aromatic N) is 1. The molecule has 0 aliphatic rings. The van der Waals surface area contributed by atoms with Gasteiger partial charge in [0.15, 0.2) is 5.58 Å². The van der Waals surface area contributed by atoms with Crippen LogP contribution in [0, 0.1) is 15.9 Å². The number of oxazole rings is 1. The SMILES string of the molecule is Cc1ccc(S(=O)(=O)Oc2ccc3c(c2)oc(=N)n3-c2ccc(I)cc2)cc1. The van der Waals surface area contributed by atoms with Gasteiger partial charge in [-0.1, -0.05) is 17.7 Å². The van der Waals surface area contributed by atoms with E-state index in [-0.39, 0.29) is 16.3 Å². The molecule has 1 heterocycles. The summed E-state index contributed by atoms with van der Waals surface area (Å²) in [5.41, 5.74) is 2.69. The van der Waals surface area contributed by atoms with Gasteiger partial charge in [0.2, 0.25) is 0 Å². The highest BCUT2D eigenvalue weighted by molar-refractivity contribution is 14.1. The molecular weight excluding hydrogens is 491 g/mol. The second-order valence-corrected chi connectivity index (χ2v) is 8.99. The average molecular weight is 506 g/mol. The molecule has 0 atom stereocenters. The fraction of sp³-hybridized carbons (Fsp3) is 0.0500. The molecule has 28 heavy (non-hydrogen) atoms. The van der Waals surface area contributed by atoms with Gasteiger partial charge in [0.1, 0.15) is 10.6 Å². The van der Waals surface area contributed by atoms with Gasteiger partial charge in [-0.05, 0) is 78.0 Å². The van der Waals surface area contributed by atoms with Crippen molar-refractivity contribution in [2.75, 3.05) is 0 Å². The number of fused-ring (bicyclic) bond motifs is 1. The molecule has 0 fully saturated rings. The van der Waals surface area contributed by atoms with Gasteiger partial charge in [0, 0.05) is 9.64 Å². The second kappa shape index (κ2) is 7.10. The van der Waals surface area contributed by atoms with E-state index < -0.39 is 10.1 Å². The van der Waals surface area contributed by atoms with E-state index >= 15 is 0 Å². The maximum absolute atomic E-state index is 12.5. The summed E-state index contributed by atoms with van der Waals surface area (Å²) in [6.07, 6.45) is 0. The first kappa shape index (κ1) is 18.8. The van der Waals surface area contributed by atoms with Crippen molar-refractivity contribution in [3.8, 4) is 11.4 Å². The minimum atomic E-state index is -3.96. The van der Waals surface area contributed by atoms with Crippen LogP contribution in [0.4, 0.5) is 0 Å². The molecule has 4 aromatic rings. The Bertz CT molecular complexity index is 1320. The van der Waals surface area contributed by atoms with Crippen LogP contribution in [0.5, 0.6) is 5.75 Å². The van der Waals surface area contributed by atoms with Gasteiger partial charge in [-0.3, -0.25) is 9.98 Å². The van der Waals surface area contributed by atoms with Crippen LogP contribution in [-0.2, 0) is 10.1 Å². The maximum Gasteiger partial charge on any atom is 0.339 e. The fourth-order valence-corrected chi connectivity index (χ4v) is 4.08. The molecule has 0 radical (unpaired) electrons. The first-order valence-electron chi connectivity index (χ1n) is 8.31. The fourth-order valence-electron chi connectivity index (χ4n) is 2.80. The first-order valence-corrected chi connectivity index (χ1v) is 10.8. The lowest BCUT2D eigenvalue weighted by atomic mass is 10.2. The van der Waals surface area contributed by atoms with Crippen molar-refractivity contribution in [1.29, 1.82) is 5.41 Å². The third-order valence-electron chi connectivity index (χ3n) is 4.18. The van der Waals surface area contributed by atoms with Crippen LogP contribution in [0.1, 0.15) is 5.56 Å². The summed E-state index contributed by atoms with van der Waals surface area (Å²) in [6.45, 7) is 1.88. The standard InChI is InChI=1S/C20H15IN2O4S/c1-13-2-9-17(10-3-13)28(24,25)27-16-8-11-18-19(12-16)26-20(22)23(18)15-6-4-14(21)5-7-15/h2-12,22H,1H3. The largest absolute Gasteiger partial charge is 0.423 e. The third-order valence-corrected chi connectivity index (χ3v) is 6.16. The maximum atomic E-state index is 12.5. The van der Waals surface area contributed by atoms with Crippen molar-refractivity contribution in [2.45, 2.75) is 11.8 Å². The summed E-state index contributed by atoms with van der Waals surface area (Å²) in [4.78, 5) is 0.0766. The van der Waals surface area contributed by atoms with Crippen LogP contribution >= 0.6 is 22.6 Å². The molecule has 1 N–H and O–H groups in total. The average Bonchev–Trinajstić information content (AvgIpc) is 2.97. The quantitative estimate of drug-likeness (QED) is 0.329. The van der Waals surface area contributed by atoms with Gasteiger partial charge in [-0.2, -0.15) is 8.42 Å². The van der Waals surface area contributed by atoms with Crippen LogP contribution in [0.2, 0.25) is 0 Å². The molecule has 3 aromatic carbocycles. The summed E-state index contributed by atoms with van der Waals surface area (Å²) in [6, 6.07) is 18.8. The molecular formula is C20H15IN2O4S. The molecule has 0 unspecified atom stereocenters. The van der Waals surface area contributed by atoms with Gasteiger partial charge in [-0.25, -0.2) is 0 Å². The molecule has 1 aromatic heterocycles. The number of aromatic nitrogens is 1. The Morgan fingerprint density at radius 1 is 1.00 bits per heavy atom. The van der Waals surface area contributed by atoms with Crippen LogP contribution < -0.4 is 9.87 Å². The highest BCUT2D eigenvalue weighted by Gasteiger charge is 2.18. The third kappa shape index (κ3) is 3.57. The number of aryl methyl sites for hydroxylation is 1. The van der Waals surface area contributed by atoms with E-state index in [4.69, 9.17) is 14.0 Å². The molecule has 0 bridgehead atoms. The van der Waals surface area contributed by atoms with Gasteiger partial charge < -0.3 is 8.60 Å². The molecule has 0 saturated heterocycles. The smallest absolute Gasteiger partial charge is 0.339 e. The van der Waals surface area contributed by atoms with Gasteiger partial charge >= 0.3 is 10.1 Å². The van der Waals surface area contributed by atoms with E-state index in [2.05, 4.69) is 22.6 Å². The normalized spacial score (nSPS) is 11.6. The minimum Gasteiger partial charge on any atom is -0.423 e. The molecule has 0 aliphatic heterocycles. The summed E-state index contributed by atoms with van der Waals surface area (Å²) in [7, 11) is -3.96. The highest BCUT2D eigenvalue weighted by Crippen LogP contribution is 2.25. The lowest BCUT2D eigenvalue weighted by molar-refractivity contribution is 0.484. The van der Waals surface area contributed by atoms with E-state index in [9.17, 15) is 8.42 Å². The van der Waals surface area contributed by atoms with Gasteiger partial charge in [0.25, 0.3) is 5.68 Å². The van der Waals surface area contributed by atoms with Crippen LogP contribution in [0.3, 0.4) is 0 Å². The highest BCUT2D eigenvalue weighted by atomic mass is 127. The summed E-state index contributed by atoms with van der Waals surface area (Å²) in [5, 5.41) is 8.13.